The van der Waals surface area contributed by atoms with E-state index in [1.807, 2.05) is 0 Å². The summed E-state index contributed by atoms with van der Waals surface area (Å²) in [6, 6.07) is 0. The van der Waals surface area contributed by atoms with E-state index in [4.69, 9.17) is 0 Å². The van der Waals surface area contributed by atoms with Crippen molar-refractivity contribution in [2.45, 2.75) is 79.4 Å². The van der Waals surface area contributed by atoms with Crippen LogP contribution in [0.25, 0.3) is 0 Å². The first-order valence-electron chi connectivity index (χ1n) is 7.14. The maximum atomic E-state index is 3.89. The van der Waals surface area contributed by atoms with Crippen LogP contribution in [-0.2, 0) is 0 Å². The summed E-state index contributed by atoms with van der Waals surface area (Å²) in [5, 5.41) is 0. The van der Waals surface area contributed by atoms with Crippen molar-refractivity contribution in [1.82, 2.24) is 9.96 Å². The normalized spacial score (nSPS) is 14.1. The van der Waals surface area contributed by atoms with E-state index in [9.17, 15) is 0 Å². The van der Waals surface area contributed by atoms with Crippen molar-refractivity contribution in [1.29, 1.82) is 0 Å². The van der Waals surface area contributed by atoms with Gasteiger partial charge >= 0.3 is 0 Å². The first-order valence-corrected chi connectivity index (χ1v) is 10.1. The zero-order valence-electron chi connectivity index (χ0n) is 13.3. The molecule has 0 saturated heterocycles. The standard InChI is InChI=1S/C14H34N2Si/c1-9-13(4,5)12-15-17(7,8)16-14(6,10-2)11-3/h15-16H,9-12H2,1-8H3. The Hall–Kier alpha value is 0.137. The third kappa shape index (κ3) is 6.58. The Morgan fingerprint density at radius 3 is 1.71 bits per heavy atom. The third-order valence-electron chi connectivity index (χ3n) is 4.14. The molecule has 0 aromatic rings. The molecule has 0 unspecified atom stereocenters. The van der Waals surface area contributed by atoms with Crippen LogP contribution in [0.1, 0.15) is 60.8 Å². The van der Waals surface area contributed by atoms with Crippen LogP contribution in [0.15, 0.2) is 0 Å². The Morgan fingerprint density at radius 2 is 1.35 bits per heavy atom. The van der Waals surface area contributed by atoms with Gasteiger partial charge in [-0.15, -0.1) is 0 Å². The summed E-state index contributed by atoms with van der Waals surface area (Å²) in [7, 11) is -1.51. The van der Waals surface area contributed by atoms with Crippen LogP contribution >= 0.6 is 0 Å². The maximum absolute atomic E-state index is 3.89. The second kappa shape index (κ2) is 6.35. The van der Waals surface area contributed by atoms with Crippen molar-refractivity contribution in [3.05, 3.63) is 0 Å². The predicted molar refractivity (Wildman–Crippen MR) is 81.7 cm³/mol. The van der Waals surface area contributed by atoms with Crippen molar-refractivity contribution in [2.75, 3.05) is 6.54 Å². The smallest absolute Gasteiger partial charge is 0.195 e. The highest BCUT2D eigenvalue weighted by Crippen LogP contribution is 2.20. The van der Waals surface area contributed by atoms with Crippen LogP contribution in [-0.4, -0.2) is 20.5 Å². The van der Waals surface area contributed by atoms with E-state index in [0.29, 0.717) is 11.0 Å². The van der Waals surface area contributed by atoms with E-state index in [2.05, 4.69) is 64.6 Å². The molecule has 104 valence electrons. The minimum atomic E-state index is -1.51. The third-order valence-corrected chi connectivity index (χ3v) is 6.43. The molecule has 0 aromatic heterocycles. The molecule has 3 heteroatoms. The molecule has 0 aromatic carbocycles. The molecular formula is C14H34N2Si. The lowest BCUT2D eigenvalue weighted by atomic mass is 9.91. The van der Waals surface area contributed by atoms with Crippen LogP contribution in [0.2, 0.25) is 13.1 Å². The summed E-state index contributed by atoms with van der Waals surface area (Å²) in [4.78, 5) is 7.70. The number of rotatable bonds is 8. The quantitative estimate of drug-likeness (QED) is 0.646. The largest absolute Gasteiger partial charge is 0.325 e. The Kier molecular flexibility index (Phi) is 6.40. The molecule has 0 bridgehead atoms. The molecule has 0 aliphatic heterocycles. The lowest BCUT2D eigenvalue weighted by Crippen LogP contribution is -2.65. The average molecular weight is 259 g/mol. The van der Waals surface area contributed by atoms with Gasteiger partial charge in [-0.25, -0.2) is 0 Å². The van der Waals surface area contributed by atoms with Gasteiger partial charge in [-0.3, -0.25) is 0 Å². The molecule has 2 N–H and O–H groups in total. The fourth-order valence-corrected chi connectivity index (χ4v) is 4.68. The fraction of sp³-hybridized carbons (Fsp3) is 1.00. The van der Waals surface area contributed by atoms with E-state index in [0.717, 1.165) is 6.54 Å². The zero-order valence-corrected chi connectivity index (χ0v) is 14.3. The number of nitrogens with one attached hydrogen (secondary N) is 2. The van der Waals surface area contributed by atoms with Crippen molar-refractivity contribution < 1.29 is 0 Å². The van der Waals surface area contributed by atoms with Gasteiger partial charge < -0.3 is 9.96 Å². The maximum Gasteiger partial charge on any atom is 0.195 e. The molecular weight excluding hydrogens is 224 g/mol. The summed E-state index contributed by atoms with van der Waals surface area (Å²) < 4.78 is 0. The van der Waals surface area contributed by atoms with E-state index in [-0.39, 0.29) is 0 Å². The summed E-state index contributed by atoms with van der Waals surface area (Å²) in [5.74, 6) is 0. The van der Waals surface area contributed by atoms with Gasteiger partial charge in [0, 0.05) is 5.54 Å². The lowest BCUT2D eigenvalue weighted by Gasteiger charge is -2.39. The topological polar surface area (TPSA) is 24.1 Å². The first-order chi connectivity index (χ1) is 7.60. The molecule has 0 rings (SSSR count). The summed E-state index contributed by atoms with van der Waals surface area (Å²) in [6.07, 6.45) is 3.61. The number of hydrogen-bond acceptors (Lipinski definition) is 2. The van der Waals surface area contributed by atoms with Gasteiger partial charge in [0.1, 0.15) is 0 Å². The molecule has 0 fully saturated rings. The molecule has 17 heavy (non-hydrogen) atoms. The molecule has 0 aliphatic carbocycles. The fourth-order valence-electron chi connectivity index (χ4n) is 1.81. The number of hydrogen-bond donors (Lipinski definition) is 2. The Labute approximate surface area is 110 Å². The molecule has 0 atom stereocenters. The van der Waals surface area contributed by atoms with Crippen molar-refractivity contribution in [2.24, 2.45) is 5.41 Å². The second-order valence-electron chi connectivity index (χ2n) is 6.89. The van der Waals surface area contributed by atoms with Gasteiger partial charge in [-0.1, -0.05) is 34.6 Å². The Bertz CT molecular complexity index is 220. The van der Waals surface area contributed by atoms with Gasteiger partial charge in [0.15, 0.2) is 8.40 Å². The lowest BCUT2D eigenvalue weighted by molar-refractivity contribution is 0.341. The highest BCUT2D eigenvalue weighted by atomic mass is 28.3. The van der Waals surface area contributed by atoms with Crippen molar-refractivity contribution in [3.63, 3.8) is 0 Å². The first kappa shape index (κ1) is 17.1. The molecule has 0 aliphatic rings. The molecule has 0 heterocycles. The van der Waals surface area contributed by atoms with Crippen LogP contribution in [0.3, 0.4) is 0 Å². The average Bonchev–Trinajstić information content (AvgIpc) is 2.26. The van der Waals surface area contributed by atoms with Crippen LogP contribution in [0.4, 0.5) is 0 Å². The van der Waals surface area contributed by atoms with Gasteiger partial charge in [-0.05, 0) is 51.2 Å². The Morgan fingerprint density at radius 1 is 0.882 bits per heavy atom. The molecule has 0 saturated carbocycles. The summed E-state index contributed by atoms with van der Waals surface area (Å²) >= 11 is 0. The van der Waals surface area contributed by atoms with E-state index < -0.39 is 8.40 Å². The van der Waals surface area contributed by atoms with E-state index in [1.54, 1.807) is 0 Å². The minimum absolute atomic E-state index is 0.291. The second-order valence-corrected chi connectivity index (χ2v) is 10.7. The van der Waals surface area contributed by atoms with Gasteiger partial charge in [-0.2, -0.15) is 0 Å². The van der Waals surface area contributed by atoms with Crippen LogP contribution in [0, 0.1) is 5.41 Å². The van der Waals surface area contributed by atoms with Gasteiger partial charge in [0.2, 0.25) is 0 Å². The molecule has 0 radical (unpaired) electrons. The van der Waals surface area contributed by atoms with Gasteiger partial charge in [0.25, 0.3) is 0 Å². The predicted octanol–water partition coefficient (Wildman–Crippen LogP) is 3.88. The van der Waals surface area contributed by atoms with Crippen molar-refractivity contribution in [3.8, 4) is 0 Å². The van der Waals surface area contributed by atoms with Crippen LogP contribution < -0.4 is 9.96 Å². The SMILES string of the molecule is CCC(C)(C)CN[Si](C)(C)NC(C)(CC)CC. The van der Waals surface area contributed by atoms with E-state index in [1.165, 1.54) is 19.3 Å². The zero-order chi connectivity index (χ0) is 13.7. The Balaban J connectivity index is 4.39. The highest BCUT2D eigenvalue weighted by Gasteiger charge is 2.31. The minimum Gasteiger partial charge on any atom is -0.325 e. The molecule has 2 nitrogen and oxygen atoms in total. The van der Waals surface area contributed by atoms with Crippen molar-refractivity contribution >= 4 is 8.40 Å². The summed E-state index contributed by atoms with van der Waals surface area (Å²) in [5.41, 5.74) is 0.694. The molecule has 0 amide bonds. The summed E-state index contributed by atoms with van der Waals surface area (Å²) in [6.45, 7) is 19.7. The molecule has 0 spiro atoms. The van der Waals surface area contributed by atoms with E-state index >= 15 is 0 Å². The van der Waals surface area contributed by atoms with Crippen LogP contribution in [0.5, 0.6) is 0 Å². The highest BCUT2D eigenvalue weighted by molar-refractivity contribution is 6.72. The monoisotopic (exact) mass is 258 g/mol. The van der Waals surface area contributed by atoms with Gasteiger partial charge in [0.05, 0.1) is 0 Å².